The van der Waals surface area contributed by atoms with Gasteiger partial charge in [0.25, 0.3) is 0 Å². The lowest BCUT2D eigenvalue weighted by Gasteiger charge is -2.13. The van der Waals surface area contributed by atoms with Gasteiger partial charge in [-0.05, 0) is 17.5 Å². The Bertz CT molecular complexity index is 780. The first-order valence-corrected chi connectivity index (χ1v) is 8.76. The van der Waals surface area contributed by atoms with Crippen LogP contribution in [0.3, 0.4) is 0 Å². The van der Waals surface area contributed by atoms with Gasteiger partial charge in [-0.1, -0.05) is 6.07 Å². The molecule has 0 aromatic carbocycles. The molecular weight excluding hydrogens is 340 g/mol. The van der Waals surface area contributed by atoms with Crippen LogP contribution in [0.2, 0.25) is 0 Å². The first kappa shape index (κ1) is 17.4. The zero-order chi connectivity index (χ0) is 17.8. The van der Waals surface area contributed by atoms with Crippen LogP contribution in [0.15, 0.2) is 23.6 Å². The molecule has 0 bridgehead atoms. The second-order valence-corrected chi connectivity index (χ2v) is 6.93. The van der Waals surface area contributed by atoms with E-state index in [1.165, 1.54) is 4.90 Å². The molecule has 0 unspecified atom stereocenters. The van der Waals surface area contributed by atoms with Crippen molar-refractivity contribution in [1.29, 1.82) is 0 Å². The number of amides is 2. The summed E-state index contributed by atoms with van der Waals surface area (Å²) in [6.45, 7) is 1.27. The van der Waals surface area contributed by atoms with Crippen LogP contribution in [0, 0.1) is 0 Å². The zero-order valence-corrected chi connectivity index (χ0v) is 15.0. The first-order valence-electron chi connectivity index (χ1n) is 7.88. The van der Waals surface area contributed by atoms with E-state index >= 15 is 0 Å². The highest BCUT2D eigenvalue weighted by atomic mass is 32.1. The van der Waals surface area contributed by atoms with Crippen molar-refractivity contribution in [1.82, 2.24) is 20.0 Å². The number of aromatic nitrogens is 2. The van der Waals surface area contributed by atoms with Crippen molar-refractivity contribution in [3.05, 3.63) is 45.4 Å². The lowest BCUT2D eigenvalue weighted by molar-refractivity contribution is -0.134. The second kappa shape index (κ2) is 7.62. The Balaban J connectivity index is 1.55. The highest BCUT2D eigenvalue weighted by Crippen LogP contribution is 2.24. The molecule has 0 saturated heterocycles. The van der Waals surface area contributed by atoms with E-state index in [0.717, 1.165) is 21.8 Å². The van der Waals surface area contributed by atoms with E-state index in [-0.39, 0.29) is 25.0 Å². The fourth-order valence-corrected chi connectivity index (χ4v) is 3.10. The third kappa shape index (κ3) is 4.15. The van der Waals surface area contributed by atoms with E-state index in [1.54, 1.807) is 36.4 Å². The minimum absolute atomic E-state index is 0.0147. The maximum Gasteiger partial charge on any atom is 0.248 e. The summed E-state index contributed by atoms with van der Waals surface area (Å²) in [5, 5.41) is 9.17. The number of carbonyl (C=O) groups excluding carboxylic acids is 2. The van der Waals surface area contributed by atoms with Crippen molar-refractivity contribution >= 4 is 29.2 Å². The van der Waals surface area contributed by atoms with Crippen molar-refractivity contribution in [3.63, 3.8) is 0 Å². The lowest BCUT2D eigenvalue weighted by atomic mass is 10.2. The van der Waals surface area contributed by atoms with Gasteiger partial charge in [-0.25, -0.2) is 0 Å². The molecule has 0 aliphatic carbocycles. The monoisotopic (exact) mass is 360 g/mol. The minimum Gasteiger partial charge on any atom is -0.365 e. The van der Waals surface area contributed by atoms with E-state index < -0.39 is 0 Å². The number of hydrogen-bond donors (Lipinski definition) is 1. The Kier molecular flexibility index (Phi) is 5.30. The van der Waals surface area contributed by atoms with Gasteiger partial charge in [0.1, 0.15) is 6.61 Å². The number of nitrogens with one attached hydrogen (secondary N) is 1. The van der Waals surface area contributed by atoms with Crippen LogP contribution in [0.1, 0.15) is 21.8 Å². The van der Waals surface area contributed by atoms with Crippen molar-refractivity contribution in [2.24, 2.45) is 0 Å². The van der Waals surface area contributed by atoms with Crippen molar-refractivity contribution in [2.75, 3.05) is 20.7 Å². The third-order valence-electron chi connectivity index (χ3n) is 3.94. The number of likely N-dealkylation sites (N-methyl/N-ethyl adjacent to an activating group) is 1. The first-order chi connectivity index (χ1) is 12.0. The molecule has 132 valence electrons. The molecule has 1 N–H and O–H groups in total. The van der Waals surface area contributed by atoms with Crippen LogP contribution in [0.5, 0.6) is 0 Å². The highest BCUT2D eigenvalue weighted by Gasteiger charge is 2.27. The number of aromatic amines is 1. The number of nitrogens with zero attached hydrogens (tertiary/aromatic N) is 3. The molecule has 0 spiro atoms. The summed E-state index contributed by atoms with van der Waals surface area (Å²) in [5.41, 5.74) is 2.66. The summed E-state index contributed by atoms with van der Waals surface area (Å²) in [7, 11) is 3.37. The third-order valence-corrected chi connectivity index (χ3v) is 4.78. The van der Waals surface area contributed by atoms with Gasteiger partial charge in [0.15, 0.2) is 0 Å². The van der Waals surface area contributed by atoms with Crippen LogP contribution in [0.4, 0.5) is 0 Å². The van der Waals surface area contributed by atoms with Crippen molar-refractivity contribution < 1.29 is 14.3 Å². The average Bonchev–Trinajstić information content (AvgIpc) is 3.30. The van der Waals surface area contributed by atoms with Crippen molar-refractivity contribution in [2.45, 2.75) is 19.7 Å². The Morgan fingerprint density at radius 3 is 3.00 bits per heavy atom. The van der Waals surface area contributed by atoms with E-state index in [2.05, 4.69) is 10.2 Å². The lowest BCUT2D eigenvalue weighted by Crippen LogP contribution is -2.26. The van der Waals surface area contributed by atoms with Gasteiger partial charge in [0.05, 0.1) is 31.1 Å². The smallest absolute Gasteiger partial charge is 0.248 e. The van der Waals surface area contributed by atoms with Gasteiger partial charge in [-0.2, -0.15) is 5.10 Å². The Hall–Kier alpha value is -2.45. The second-order valence-electron chi connectivity index (χ2n) is 5.95. The molecule has 2 amide bonds. The predicted octanol–water partition coefficient (Wildman–Crippen LogP) is 1.63. The van der Waals surface area contributed by atoms with Gasteiger partial charge >= 0.3 is 0 Å². The molecule has 0 atom stereocenters. The van der Waals surface area contributed by atoms with Crippen LogP contribution in [-0.2, 0) is 34.0 Å². The van der Waals surface area contributed by atoms with Gasteiger partial charge < -0.3 is 14.5 Å². The fourth-order valence-electron chi connectivity index (χ4n) is 2.48. The molecule has 8 heteroatoms. The average molecular weight is 360 g/mol. The van der Waals surface area contributed by atoms with Crippen LogP contribution in [0.25, 0.3) is 6.08 Å². The van der Waals surface area contributed by atoms with E-state index in [1.807, 2.05) is 23.6 Å². The number of fused-ring (bicyclic) bond motifs is 1. The normalized spacial score (nSPS) is 13.4. The summed E-state index contributed by atoms with van der Waals surface area (Å²) >= 11 is 1.59. The number of rotatable bonds is 6. The highest BCUT2D eigenvalue weighted by molar-refractivity contribution is 7.10. The number of thiophene rings is 1. The van der Waals surface area contributed by atoms with Crippen molar-refractivity contribution in [3.8, 4) is 0 Å². The molecule has 7 nitrogen and oxygen atoms in total. The predicted molar refractivity (Wildman–Crippen MR) is 94.5 cm³/mol. The molecule has 1 aliphatic heterocycles. The molecule has 0 saturated carbocycles. The summed E-state index contributed by atoms with van der Waals surface area (Å²) < 4.78 is 5.43. The molecule has 1 aliphatic rings. The van der Waals surface area contributed by atoms with Gasteiger partial charge in [0, 0.05) is 30.6 Å². The Labute approximate surface area is 149 Å². The molecule has 25 heavy (non-hydrogen) atoms. The largest absolute Gasteiger partial charge is 0.365 e. The number of carbonyl (C=O) groups is 2. The summed E-state index contributed by atoms with van der Waals surface area (Å²) in [6.07, 6.45) is 3.42. The van der Waals surface area contributed by atoms with Gasteiger partial charge in [-0.15, -0.1) is 11.3 Å². The molecule has 2 aromatic heterocycles. The summed E-state index contributed by atoms with van der Waals surface area (Å²) in [5.74, 6) is -0.129. The number of hydrogen-bond acceptors (Lipinski definition) is 5. The quantitative estimate of drug-likeness (QED) is 0.794. The van der Waals surface area contributed by atoms with Crippen LogP contribution in [-0.4, -0.2) is 52.5 Å². The van der Waals surface area contributed by atoms with E-state index in [0.29, 0.717) is 13.1 Å². The Morgan fingerprint density at radius 2 is 2.28 bits per heavy atom. The molecule has 2 aromatic rings. The molecule has 0 radical (unpaired) electrons. The Morgan fingerprint density at radius 1 is 1.44 bits per heavy atom. The number of ether oxygens (including phenoxy) is 1. The van der Waals surface area contributed by atoms with Crippen LogP contribution < -0.4 is 0 Å². The fraction of sp³-hybridized carbons (Fsp3) is 0.353. The number of H-pyrrole nitrogens is 1. The molecule has 3 heterocycles. The summed E-state index contributed by atoms with van der Waals surface area (Å²) in [4.78, 5) is 28.1. The molecule has 3 rings (SSSR count). The molecule has 0 fully saturated rings. The summed E-state index contributed by atoms with van der Waals surface area (Å²) in [6, 6.07) is 3.92. The standard InChI is InChI=1S/C17H20N4O3S/c1-20(2)17(23)11-24-10-15-13-8-21(9-14(13)18-19-15)16(22)6-5-12-4-3-7-25-12/h3-7H,8-11H2,1-2H3,(H,18,19)/b6-5+. The molecular formula is C17H20N4O3S. The van der Waals surface area contributed by atoms with E-state index in [4.69, 9.17) is 4.74 Å². The zero-order valence-electron chi connectivity index (χ0n) is 14.2. The maximum absolute atomic E-state index is 12.3. The SMILES string of the molecule is CN(C)C(=O)COCc1n[nH]c2c1CN(C(=O)/C=C/c1cccs1)C2. The maximum atomic E-state index is 12.3. The minimum atomic E-state index is -0.0947. The van der Waals surface area contributed by atoms with Gasteiger partial charge in [0.2, 0.25) is 11.8 Å². The van der Waals surface area contributed by atoms with E-state index in [9.17, 15) is 9.59 Å². The topological polar surface area (TPSA) is 78.5 Å². The van der Waals surface area contributed by atoms with Crippen LogP contribution >= 0.6 is 11.3 Å². The van der Waals surface area contributed by atoms with Gasteiger partial charge in [-0.3, -0.25) is 14.7 Å².